The smallest absolute Gasteiger partial charge is 0.00286 e. The van der Waals surface area contributed by atoms with Crippen LogP contribution in [0.4, 0.5) is 0 Å². The molecule has 0 heterocycles. The summed E-state index contributed by atoms with van der Waals surface area (Å²) in [5.41, 5.74) is 1.36. The summed E-state index contributed by atoms with van der Waals surface area (Å²) in [6, 6.07) is 0. The average Bonchev–Trinajstić information content (AvgIpc) is 2.18. The summed E-state index contributed by atoms with van der Waals surface area (Å²) in [5.74, 6) is 2.13. The van der Waals surface area contributed by atoms with E-state index in [-0.39, 0.29) is 0 Å². The zero-order valence-corrected chi connectivity index (χ0v) is 11.1. The molecule has 0 aliphatic heterocycles. The van der Waals surface area contributed by atoms with Crippen molar-refractivity contribution in [1.82, 2.24) is 0 Å². The first-order valence-corrected chi connectivity index (χ1v) is 6.33. The second-order valence-electron chi connectivity index (χ2n) is 5.05. The Bertz CT molecular complexity index is 188. The SMILES string of the molecule is C=CC(CCC(C)C(C)C)C(=C)CCC. The van der Waals surface area contributed by atoms with E-state index in [1.165, 1.54) is 24.8 Å². The molecule has 2 atom stereocenters. The number of rotatable bonds is 8. The minimum absolute atomic E-state index is 0.533. The molecule has 0 N–H and O–H groups in total. The van der Waals surface area contributed by atoms with E-state index in [1.54, 1.807) is 0 Å². The van der Waals surface area contributed by atoms with Crippen LogP contribution in [0.25, 0.3) is 0 Å². The van der Waals surface area contributed by atoms with Gasteiger partial charge in [0.15, 0.2) is 0 Å². The molecule has 0 aromatic carbocycles. The van der Waals surface area contributed by atoms with Crippen molar-refractivity contribution in [3.8, 4) is 0 Å². The van der Waals surface area contributed by atoms with Gasteiger partial charge in [-0.3, -0.25) is 0 Å². The fraction of sp³-hybridized carbons (Fsp3) is 0.733. The fourth-order valence-electron chi connectivity index (χ4n) is 1.77. The molecule has 0 fully saturated rings. The average molecular weight is 208 g/mol. The van der Waals surface area contributed by atoms with Crippen LogP contribution in [0, 0.1) is 17.8 Å². The third kappa shape index (κ3) is 5.81. The molecular formula is C15H28. The van der Waals surface area contributed by atoms with E-state index in [9.17, 15) is 0 Å². The quantitative estimate of drug-likeness (QED) is 0.480. The molecular weight excluding hydrogens is 180 g/mol. The highest BCUT2D eigenvalue weighted by Gasteiger charge is 2.12. The van der Waals surface area contributed by atoms with Crippen LogP contribution in [0.3, 0.4) is 0 Å². The van der Waals surface area contributed by atoms with Crippen LogP contribution in [0.15, 0.2) is 24.8 Å². The van der Waals surface area contributed by atoms with Crippen molar-refractivity contribution in [3.63, 3.8) is 0 Å². The Balaban J connectivity index is 4.00. The third-order valence-electron chi connectivity index (χ3n) is 3.45. The zero-order chi connectivity index (χ0) is 11.8. The van der Waals surface area contributed by atoms with Gasteiger partial charge in [0.05, 0.1) is 0 Å². The standard InChI is InChI=1S/C15H28/c1-7-9-14(6)15(8-2)11-10-13(5)12(3)4/h8,12-13,15H,2,6-7,9-11H2,1,3-5H3. The summed E-state index contributed by atoms with van der Waals surface area (Å²) in [6.45, 7) is 17.2. The normalized spacial score (nSPS) is 15.0. The van der Waals surface area contributed by atoms with E-state index in [4.69, 9.17) is 0 Å². The van der Waals surface area contributed by atoms with Gasteiger partial charge in [-0.25, -0.2) is 0 Å². The Morgan fingerprint density at radius 3 is 2.20 bits per heavy atom. The van der Waals surface area contributed by atoms with Crippen LogP contribution in [0.5, 0.6) is 0 Å². The Labute approximate surface area is 96.5 Å². The van der Waals surface area contributed by atoms with E-state index in [0.29, 0.717) is 5.92 Å². The Morgan fingerprint density at radius 1 is 1.20 bits per heavy atom. The van der Waals surface area contributed by atoms with Gasteiger partial charge in [-0.1, -0.05) is 52.3 Å². The molecule has 0 nitrogen and oxygen atoms in total. The predicted octanol–water partition coefficient (Wildman–Crippen LogP) is 5.22. The van der Waals surface area contributed by atoms with Crippen LogP contribution in [-0.4, -0.2) is 0 Å². The summed E-state index contributed by atoms with van der Waals surface area (Å²) in [6.07, 6.45) is 6.93. The van der Waals surface area contributed by atoms with Crippen molar-refractivity contribution >= 4 is 0 Å². The first-order valence-electron chi connectivity index (χ1n) is 6.33. The van der Waals surface area contributed by atoms with Gasteiger partial charge in [0.25, 0.3) is 0 Å². The highest BCUT2D eigenvalue weighted by molar-refractivity contribution is 5.07. The molecule has 0 aromatic heterocycles. The number of hydrogen-bond acceptors (Lipinski definition) is 0. The molecule has 0 heteroatoms. The van der Waals surface area contributed by atoms with Crippen LogP contribution < -0.4 is 0 Å². The van der Waals surface area contributed by atoms with Crippen molar-refractivity contribution < 1.29 is 0 Å². The molecule has 0 amide bonds. The minimum Gasteiger partial charge on any atom is -0.102 e. The molecule has 0 radical (unpaired) electrons. The maximum absolute atomic E-state index is 4.17. The summed E-state index contributed by atoms with van der Waals surface area (Å²) < 4.78 is 0. The van der Waals surface area contributed by atoms with Gasteiger partial charge in [-0.15, -0.1) is 6.58 Å². The molecule has 0 rings (SSSR count). The molecule has 0 spiro atoms. The maximum Gasteiger partial charge on any atom is -0.00286 e. The Morgan fingerprint density at radius 2 is 1.80 bits per heavy atom. The molecule has 15 heavy (non-hydrogen) atoms. The van der Waals surface area contributed by atoms with Crippen molar-refractivity contribution in [2.45, 2.75) is 53.4 Å². The van der Waals surface area contributed by atoms with Crippen LogP contribution in [0.2, 0.25) is 0 Å². The Hall–Kier alpha value is -0.520. The van der Waals surface area contributed by atoms with Crippen molar-refractivity contribution in [1.29, 1.82) is 0 Å². The molecule has 0 aliphatic rings. The summed E-state index contributed by atoms with van der Waals surface area (Å²) in [4.78, 5) is 0. The van der Waals surface area contributed by atoms with E-state index in [0.717, 1.165) is 18.3 Å². The minimum atomic E-state index is 0.533. The van der Waals surface area contributed by atoms with Crippen molar-refractivity contribution in [2.24, 2.45) is 17.8 Å². The third-order valence-corrected chi connectivity index (χ3v) is 3.45. The molecule has 0 saturated heterocycles. The highest BCUT2D eigenvalue weighted by Crippen LogP contribution is 2.25. The van der Waals surface area contributed by atoms with Gasteiger partial charge in [0.2, 0.25) is 0 Å². The lowest BCUT2D eigenvalue weighted by Crippen LogP contribution is -2.08. The van der Waals surface area contributed by atoms with Gasteiger partial charge >= 0.3 is 0 Å². The molecule has 2 unspecified atom stereocenters. The number of allylic oxidation sites excluding steroid dienone is 2. The zero-order valence-electron chi connectivity index (χ0n) is 11.1. The summed E-state index contributed by atoms with van der Waals surface area (Å²) >= 11 is 0. The summed E-state index contributed by atoms with van der Waals surface area (Å²) in [7, 11) is 0. The highest BCUT2D eigenvalue weighted by atomic mass is 14.2. The lowest BCUT2D eigenvalue weighted by Gasteiger charge is -2.20. The van der Waals surface area contributed by atoms with Crippen LogP contribution >= 0.6 is 0 Å². The number of hydrogen-bond donors (Lipinski definition) is 0. The van der Waals surface area contributed by atoms with E-state index < -0.39 is 0 Å². The monoisotopic (exact) mass is 208 g/mol. The first-order chi connectivity index (χ1) is 7.02. The summed E-state index contributed by atoms with van der Waals surface area (Å²) in [5, 5.41) is 0. The van der Waals surface area contributed by atoms with E-state index in [2.05, 4.69) is 46.9 Å². The van der Waals surface area contributed by atoms with Gasteiger partial charge in [0.1, 0.15) is 0 Å². The second kappa shape index (κ2) is 7.73. The molecule has 0 saturated carbocycles. The molecule has 88 valence electrons. The van der Waals surface area contributed by atoms with Crippen LogP contribution in [-0.2, 0) is 0 Å². The van der Waals surface area contributed by atoms with E-state index in [1.807, 2.05) is 0 Å². The largest absolute Gasteiger partial charge is 0.102 e. The molecule has 0 aromatic rings. The van der Waals surface area contributed by atoms with Crippen molar-refractivity contribution in [3.05, 3.63) is 24.8 Å². The second-order valence-corrected chi connectivity index (χ2v) is 5.05. The maximum atomic E-state index is 4.17. The van der Waals surface area contributed by atoms with Gasteiger partial charge in [-0.2, -0.15) is 0 Å². The molecule has 0 bridgehead atoms. The van der Waals surface area contributed by atoms with Gasteiger partial charge in [0, 0.05) is 0 Å². The van der Waals surface area contributed by atoms with Crippen LogP contribution in [0.1, 0.15) is 53.4 Å². The predicted molar refractivity (Wildman–Crippen MR) is 71.0 cm³/mol. The lowest BCUT2D eigenvalue weighted by atomic mass is 9.86. The van der Waals surface area contributed by atoms with E-state index >= 15 is 0 Å². The van der Waals surface area contributed by atoms with Crippen molar-refractivity contribution in [2.75, 3.05) is 0 Å². The molecule has 0 aliphatic carbocycles. The first kappa shape index (κ1) is 14.5. The Kier molecular flexibility index (Phi) is 7.46. The fourth-order valence-corrected chi connectivity index (χ4v) is 1.77. The lowest BCUT2D eigenvalue weighted by molar-refractivity contribution is 0.368. The van der Waals surface area contributed by atoms with Gasteiger partial charge in [-0.05, 0) is 37.0 Å². The van der Waals surface area contributed by atoms with Gasteiger partial charge < -0.3 is 0 Å². The topological polar surface area (TPSA) is 0 Å².